The van der Waals surface area contributed by atoms with Crippen LogP contribution in [0.1, 0.15) is 30.3 Å². The lowest BCUT2D eigenvalue weighted by Crippen LogP contribution is -2.11. The number of ether oxygens (including phenoxy) is 1. The number of esters is 1. The Labute approximate surface area is 104 Å². The van der Waals surface area contributed by atoms with Crippen LogP contribution in [-0.2, 0) is 28.8 Å². The number of rotatable bonds is 4. The van der Waals surface area contributed by atoms with Gasteiger partial charge in [-0.15, -0.1) is 0 Å². The number of nitro groups is 1. The highest BCUT2D eigenvalue weighted by atomic mass is 16.6. The Balaban J connectivity index is 2.32. The molecular formula is C12H14N2O4. The third-order valence-corrected chi connectivity index (χ3v) is 2.92. The fourth-order valence-electron chi connectivity index (χ4n) is 2.14. The molecule has 0 aromatic carbocycles. The van der Waals surface area contributed by atoms with Crippen molar-refractivity contribution in [1.82, 2.24) is 4.98 Å². The van der Waals surface area contributed by atoms with E-state index >= 15 is 0 Å². The topological polar surface area (TPSA) is 82.3 Å². The van der Waals surface area contributed by atoms with E-state index in [0.717, 1.165) is 30.5 Å². The first-order valence-electron chi connectivity index (χ1n) is 5.93. The Morgan fingerprint density at radius 1 is 1.56 bits per heavy atom. The minimum atomic E-state index is -0.486. The van der Waals surface area contributed by atoms with E-state index in [-0.39, 0.29) is 24.4 Å². The number of nitrogens with zero attached hydrogens (tertiary/aromatic N) is 2. The molecule has 1 heterocycles. The largest absolute Gasteiger partial charge is 0.466 e. The quantitative estimate of drug-likeness (QED) is 0.460. The molecule has 0 fully saturated rings. The maximum absolute atomic E-state index is 11.4. The van der Waals surface area contributed by atoms with Gasteiger partial charge in [0.15, 0.2) is 0 Å². The second-order valence-electron chi connectivity index (χ2n) is 4.15. The summed E-state index contributed by atoms with van der Waals surface area (Å²) in [6.45, 7) is 1.96. The summed E-state index contributed by atoms with van der Waals surface area (Å²) in [7, 11) is 0. The zero-order valence-electron chi connectivity index (χ0n) is 10.1. The normalized spacial score (nSPS) is 13.2. The van der Waals surface area contributed by atoms with E-state index in [2.05, 4.69) is 4.98 Å². The standard InChI is InChI=1S/C12H14N2O4/c1-2-18-12(15)7-10-11(14(16)17)6-8-4-3-5-9(8)13-10/h6H,2-5,7H2,1H3. The Morgan fingerprint density at radius 2 is 2.33 bits per heavy atom. The molecule has 0 bridgehead atoms. The molecule has 0 spiro atoms. The highest BCUT2D eigenvalue weighted by Gasteiger charge is 2.24. The predicted molar refractivity (Wildman–Crippen MR) is 63.3 cm³/mol. The number of hydrogen-bond acceptors (Lipinski definition) is 5. The van der Waals surface area contributed by atoms with Gasteiger partial charge in [-0.1, -0.05) is 0 Å². The summed E-state index contributed by atoms with van der Waals surface area (Å²) in [5.74, 6) is -0.481. The van der Waals surface area contributed by atoms with E-state index in [1.807, 2.05) is 0 Å². The summed E-state index contributed by atoms with van der Waals surface area (Å²) in [6.07, 6.45) is 2.46. The fourth-order valence-corrected chi connectivity index (χ4v) is 2.14. The van der Waals surface area contributed by atoms with Crippen LogP contribution in [0, 0.1) is 10.1 Å². The molecule has 0 aliphatic heterocycles. The van der Waals surface area contributed by atoms with E-state index in [1.165, 1.54) is 0 Å². The average Bonchev–Trinajstić information content (AvgIpc) is 2.74. The lowest BCUT2D eigenvalue weighted by molar-refractivity contribution is -0.385. The van der Waals surface area contributed by atoms with E-state index in [1.54, 1.807) is 13.0 Å². The molecule has 6 nitrogen and oxygen atoms in total. The third-order valence-electron chi connectivity index (χ3n) is 2.92. The summed E-state index contributed by atoms with van der Waals surface area (Å²) in [5.41, 5.74) is 1.93. The van der Waals surface area contributed by atoms with Crippen LogP contribution < -0.4 is 0 Å². The van der Waals surface area contributed by atoms with Gasteiger partial charge in [0.1, 0.15) is 5.69 Å². The van der Waals surface area contributed by atoms with Crippen molar-refractivity contribution in [1.29, 1.82) is 0 Å². The van der Waals surface area contributed by atoms with Crippen LogP contribution in [0.5, 0.6) is 0 Å². The molecule has 1 aromatic rings. The second-order valence-corrected chi connectivity index (χ2v) is 4.15. The number of fused-ring (bicyclic) bond motifs is 1. The first kappa shape index (κ1) is 12.5. The van der Waals surface area contributed by atoms with E-state index in [9.17, 15) is 14.9 Å². The number of carbonyl (C=O) groups excluding carboxylic acids is 1. The lowest BCUT2D eigenvalue weighted by Gasteiger charge is -2.05. The van der Waals surface area contributed by atoms with Crippen molar-refractivity contribution < 1.29 is 14.5 Å². The van der Waals surface area contributed by atoms with Crippen LogP contribution >= 0.6 is 0 Å². The summed E-state index contributed by atoms with van der Waals surface area (Å²) >= 11 is 0. The van der Waals surface area contributed by atoms with Crippen molar-refractivity contribution in [2.75, 3.05) is 6.61 Å². The van der Waals surface area contributed by atoms with Gasteiger partial charge in [0.25, 0.3) is 5.69 Å². The van der Waals surface area contributed by atoms with Gasteiger partial charge in [-0.25, -0.2) is 4.98 Å². The van der Waals surface area contributed by atoms with Gasteiger partial charge < -0.3 is 4.74 Å². The zero-order chi connectivity index (χ0) is 13.1. The van der Waals surface area contributed by atoms with Gasteiger partial charge >= 0.3 is 5.97 Å². The summed E-state index contributed by atoms with van der Waals surface area (Å²) in [6, 6.07) is 1.55. The molecule has 1 aromatic heterocycles. The highest BCUT2D eigenvalue weighted by molar-refractivity contribution is 5.73. The second kappa shape index (κ2) is 5.12. The molecule has 18 heavy (non-hydrogen) atoms. The molecule has 0 saturated carbocycles. The van der Waals surface area contributed by atoms with E-state index in [4.69, 9.17) is 4.74 Å². The SMILES string of the molecule is CCOC(=O)Cc1nc2c(cc1[N+](=O)[O-])CCC2. The van der Waals surface area contributed by atoms with Crippen molar-refractivity contribution in [3.05, 3.63) is 33.1 Å². The van der Waals surface area contributed by atoms with Crippen molar-refractivity contribution in [2.24, 2.45) is 0 Å². The van der Waals surface area contributed by atoms with Crippen molar-refractivity contribution >= 4 is 11.7 Å². The molecule has 0 radical (unpaired) electrons. The van der Waals surface area contributed by atoms with E-state index in [0.29, 0.717) is 0 Å². The smallest absolute Gasteiger partial charge is 0.312 e. The van der Waals surface area contributed by atoms with Crippen molar-refractivity contribution in [2.45, 2.75) is 32.6 Å². The molecular weight excluding hydrogens is 236 g/mol. The summed E-state index contributed by atoms with van der Waals surface area (Å²) in [5, 5.41) is 11.0. The molecule has 6 heteroatoms. The number of aryl methyl sites for hydroxylation is 2. The van der Waals surface area contributed by atoms with Crippen LogP contribution in [0.15, 0.2) is 6.07 Å². The van der Waals surface area contributed by atoms with Crippen LogP contribution in [0.3, 0.4) is 0 Å². The Bertz CT molecular complexity index is 499. The van der Waals surface area contributed by atoms with Gasteiger partial charge in [0, 0.05) is 11.8 Å². The third kappa shape index (κ3) is 2.47. The van der Waals surface area contributed by atoms with Crippen molar-refractivity contribution in [3.63, 3.8) is 0 Å². The molecule has 0 amide bonds. The minimum absolute atomic E-state index is 0.0799. The molecule has 0 unspecified atom stereocenters. The first-order chi connectivity index (χ1) is 8.61. The molecule has 1 aliphatic rings. The Hall–Kier alpha value is -1.98. The first-order valence-corrected chi connectivity index (χ1v) is 5.93. The molecule has 0 saturated heterocycles. The molecule has 0 atom stereocenters. The summed E-state index contributed by atoms with van der Waals surface area (Å²) in [4.78, 5) is 26.1. The highest BCUT2D eigenvalue weighted by Crippen LogP contribution is 2.27. The van der Waals surface area contributed by atoms with Gasteiger partial charge in [0.05, 0.1) is 18.0 Å². The van der Waals surface area contributed by atoms with E-state index < -0.39 is 10.9 Å². The summed E-state index contributed by atoms with van der Waals surface area (Å²) < 4.78 is 4.80. The maximum Gasteiger partial charge on any atom is 0.312 e. The van der Waals surface area contributed by atoms with Crippen LogP contribution in [0.4, 0.5) is 5.69 Å². The number of aromatic nitrogens is 1. The molecule has 96 valence electrons. The van der Waals surface area contributed by atoms with Gasteiger partial charge in [-0.2, -0.15) is 0 Å². The monoisotopic (exact) mass is 250 g/mol. The van der Waals surface area contributed by atoms with Crippen LogP contribution in [0.2, 0.25) is 0 Å². The van der Waals surface area contributed by atoms with Crippen LogP contribution in [0.25, 0.3) is 0 Å². The zero-order valence-corrected chi connectivity index (χ0v) is 10.1. The van der Waals surface area contributed by atoms with Gasteiger partial charge in [-0.05, 0) is 31.7 Å². The number of hydrogen-bond donors (Lipinski definition) is 0. The molecule has 1 aliphatic carbocycles. The fraction of sp³-hybridized carbons (Fsp3) is 0.500. The Morgan fingerprint density at radius 3 is 3.00 bits per heavy atom. The van der Waals surface area contributed by atoms with Crippen molar-refractivity contribution in [3.8, 4) is 0 Å². The lowest BCUT2D eigenvalue weighted by atomic mass is 10.1. The minimum Gasteiger partial charge on any atom is -0.466 e. The molecule has 0 N–H and O–H groups in total. The average molecular weight is 250 g/mol. The van der Waals surface area contributed by atoms with Gasteiger partial charge in [-0.3, -0.25) is 14.9 Å². The maximum atomic E-state index is 11.4. The van der Waals surface area contributed by atoms with Crippen LogP contribution in [-0.4, -0.2) is 22.5 Å². The predicted octanol–water partition coefficient (Wildman–Crippen LogP) is 1.58. The number of carbonyl (C=O) groups is 1. The van der Waals surface area contributed by atoms with Gasteiger partial charge in [0.2, 0.25) is 0 Å². The Kier molecular flexibility index (Phi) is 3.55. The number of pyridine rings is 1. The molecule has 2 rings (SSSR count).